The Morgan fingerprint density at radius 1 is 0.358 bits per heavy atom. The van der Waals surface area contributed by atoms with Gasteiger partial charge in [0, 0.05) is 53.1 Å². The molecule has 0 amide bonds. The molecule has 21 nitrogen and oxygen atoms in total. The van der Waals surface area contributed by atoms with Crippen LogP contribution in [0, 0.1) is 0 Å². The summed E-state index contributed by atoms with van der Waals surface area (Å²) in [6, 6.07) is 16.6. The Hall–Kier alpha value is -8.26. The number of rotatable bonds is 3. The topological polar surface area (TPSA) is 391 Å². The van der Waals surface area contributed by atoms with Crippen molar-refractivity contribution in [1.29, 1.82) is 0 Å². The van der Waals surface area contributed by atoms with Crippen molar-refractivity contribution in [2.45, 2.75) is 36.6 Å². The summed E-state index contributed by atoms with van der Waals surface area (Å²) in [4.78, 5) is 36.5. The molecule has 0 spiro atoms. The summed E-state index contributed by atoms with van der Waals surface area (Å²) in [7, 11) is 0. The molecule has 0 saturated carbocycles. The standard InChI is InChI=1S/3C15H12O7.Al/c3*16-6-1-2-8(9(18)3-6)15-14(21)13(20)12-10(19)4-7(17)5-11(12)22-15;/h3*1-5,14-19,21H;/q;;;+3/p-3. The first-order valence-corrected chi connectivity index (χ1v) is 19.0. The number of benzene rings is 6. The smallest absolute Gasteiger partial charge is 0.872 e. The van der Waals surface area contributed by atoms with E-state index in [9.17, 15) is 91.0 Å². The number of aromatic hydroxyl groups is 9. The molecule has 6 unspecified atom stereocenters. The van der Waals surface area contributed by atoms with Crippen LogP contribution in [0.25, 0.3) is 0 Å². The summed E-state index contributed by atoms with van der Waals surface area (Å²) < 4.78 is 16.2. The third-order valence-electron chi connectivity index (χ3n) is 10.3. The van der Waals surface area contributed by atoms with E-state index in [0.717, 1.165) is 54.6 Å². The molecule has 12 N–H and O–H groups in total. The Morgan fingerprint density at radius 3 is 0.821 bits per heavy atom. The number of aliphatic hydroxyl groups is 3. The fourth-order valence-electron chi connectivity index (χ4n) is 7.21. The Balaban J connectivity index is 0.000000165. The summed E-state index contributed by atoms with van der Waals surface area (Å²) in [5.41, 5.74) is -0.834. The number of hydrogen-bond donors (Lipinski definition) is 12. The Bertz CT molecular complexity index is 2630. The summed E-state index contributed by atoms with van der Waals surface area (Å²) >= 11 is 0. The number of ketones is 3. The molecule has 6 aromatic rings. The number of hydrogen-bond acceptors (Lipinski definition) is 21. The van der Waals surface area contributed by atoms with Gasteiger partial charge in [-0.25, -0.2) is 0 Å². The van der Waals surface area contributed by atoms with Crippen LogP contribution in [0.15, 0.2) is 91.0 Å². The van der Waals surface area contributed by atoms with Crippen molar-refractivity contribution in [3.05, 3.63) is 124 Å². The van der Waals surface area contributed by atoms with Gasteiger partial charge >= 0.3 is 17.4 Å². The second-order valence-corrected chi connectivity index (χ2v) is 14.7. The SMILES string of the molecule is O=C1c2c([O-])cc(O)cc2OC(c2ccc(O)cc2O)C1O.O=C1c2c([O-])cc(O)cc2OC(c2ccc(O)cc2O)C1O.O=C1c2c([O-])cc(O)cc2OC(c2ccc(O)cc2O)C1O.[Al+3]. The molecule has 0 aliphatic carbocycles. The zero-order valence-electron chi connectivity index (χ0n) is 33.7. The van der Waals surface area contributed by atoms with Crippen LogP contribution in [0.3, 0.4) is 0 Å². The van der Waals surface area contributed by atoms with Crippen LogP contribution in [-0.4, -0.2) is 114 Å². The average Bonchev–Trinajstić information content (AvgIpc) is 3.22. The number of fused-ring (bicyclic) bond motifs is 3. The molecule has 22 heteroatoms. The van der Waals surface area contributed by atoms with Crippen molar-refractivity contribution in [1.82, 2.24) is 0 Å². The minimum absolute atomic E-state index is 0. The average molecular weight is 937 g/mol. The van der Waals surface area contributed by atoms with E-state index in [1.54, 1.807) is 0 Å². The van der Waals surface area contributed by atoms with E-state index in [1.807, 2.05) is 0 Å². The van der Waals surface area contributed by atoms with Crippen LogP contribution in [0.1, 0.15) is 66.1 Å². The van der Waals surface area contributed by atoms with Gasteiger partial charge in [0.2, 0.25) is 0 Å². The van der Waals surface area contributed by atoms with Gasteiger partial charge < -0.3 is 90.8 Å². The van der Waals surface area contributed by atoms with Crippen molar-refractivity contribution in [3.8, 4) is 86.2 Å². The van der Waals surface area contributed by atoms with E-state index in [-0.39, 0.29) is 120 Å². The molecule has 0 aromatic heterocycles. The maximum absolute atomic E-state index is 12.2. The van der Waals surface area contributed by atoms with E-state index in [4.69, 9.17) is 14.2 Å². The molecular weight excluding hydrogens is 903 g/mol. The zero-order chi connectivity index (χ0) is 48.0. The van der Waals surface area contributed by atoms with E-state index in [2.05, 4.69) is 0 Å². The fourth-order valence-corrected chi connectivity index (χ4v) is 7.21. The maximum Gasteiger partial charge on any atom is 3.00 e. The third kappa shape index (κ3) is 9.32. The molecule has 67 heavy (non-hydrogen) atoms. The van der Waals surface area contributed by atoms with Gasteiger partial charge in [-0.2, -0.15) is 0 Å². The van der Waals surface area contributed by atoms with Crippen molar-refractivity contribution < 1.29 is 105 Å². The Morgan fingerprint density at radius 2 is 0.597 bits per heavy atom. The molecule has 342 valence electrons. The summed E-state index contributed by atoms with van der Waals surface area (Å²) in [5, 5.41) is 151. The largest absolute Gasteiger partial charge is 3.00 e. The quantitative estimate of drug-likeness (QED) is 0.111. The number of carbonyl (C=O) groups is 3. The molecule has 6 atom stereocenters. The summed E-state index contributed by atoms with van der Waals surface area (Å²) in [6.07, 6.45) is -8.87. The van der Waals surface area contributed by atoms with Crippen LogP contribution in [0.5, 0.6) is 86.2 Å². The predicted molar refractivity (Wildman–Crippen MR) is 219 cm³/mol. The van der Waals surface area contributed by atoms with E-state index in [1.165, 1.54) is 36.4 Å². The third-order valence-corrected chi connectivity index (χ3v) is 10.3. The van der Waals surface area contributed by atoms with Gasteiger partial charge in [-0.15, -0.1) is 0 Å². The summed E-state index contributed by atoms with van der Waals surface area (Å²) in [6.45, 7) is 0. The molecular formula is C45H33AlO21. The van der Waals surface area contributed by atoms with Crippen LogP contribution in [-0.2, 0) is 0 Å². The Kier molecular flexibility index (Phi) is 13.4. The number of Topliss-reactive ketones (excluding diaryl/α,β-unsaturated/α-hetero) is 3. The fraction of sp³-hybridized carbons (Fsp3) is 0.133. The first kappa shape index (κ1) is 48.2. The van der Waals surface area contributed by atoms with Crippen molar-refractivity contribution in [2.75, 3.05) is 0 Å². The first-order chi connectivity index (χ1) is 31.1. The summed E-state index contributed by atoms with van der Waals surface area (Å²) in [5.74, 6) is -8.18. The van der Waals surface area contributed by atoms with Gasteiger partial charge in [0.1, 0.15) is 69.0 Å². The predicted octanol–water partition coefficient (Wildman–Crippen LogP) is 1.28. The van der Waals surface area contributed by atoms with Crippen LogP contribution >= 0.6 is 0 Å². The number of phenolic OH excluding ortho intramolecular Hbond substituents is 9. The van der Waals surface area contributed by atoms with E-state index < -0.39 is 71.2 Å². The molecule has 3 aliphatic rings. The van der Waals surface area contributed by atoms with Crippen LogP contribution in [0.4, 0.5) is 0 Å². The van der Waals surface area contributed by atoms with Gasteiger partial charge in [-0.3, -0.25) is 14.4 Å². The second kappa shape index (κ2) is 18.7. The molecule has 0 radical (unpaired) electrons. The molecule has 0 fully saturated rings. The molecule has 0 saturated heterocycles. The van der Waals surface area contributed by atoms with Crippen molar-refractivity contribution in [3.63, 3.8) is 0 Å². The minimum atomic E-state index is -1.69. The normalized spacial score (nSPS) is 20.0. The molecule has 3 heterocycles. The van der Waals surface area contributed by atoms with Crippen LogP contribution < -0.4 is 29.5 Å². The monoisotopic (exact) mass is 936 g/mol. The van der Waals surface area contributed by atoms with Gasteiger partial charge in [-0.1, -0.05) is 17.2 Å². The number of phenols is 9. The van der Waals surface area contributed by atoms with E-state index in [0.29, 0.717) is 0 Å². The van der Waals surface area contributed by atoms with Gasteiger partial charge in [-0.05, 0) is 54.6 Å². The number of aliphatic hydroxyl groups excluding tert-OH is 3. The molecule has 0 bridgehead atoms. The second-order valence-electron chi connectivity index (χ2n) is 14.7. The van der Waals surface area contributed by atoms with Gasteiger partial charge in [0.05, 0.1) is 16.7 Å². The van der Waals surface area contributed by atoms with Crippen LogP contribution in [0.2, 0.25) is 0 Å². The first-order valence-electron chi connectivity index (χ1n) is 19.0. The van der Waals surface area contributed by atoms with E-state index >= 15 is 0 Å². The zero-order valence-corrected chi connectivity index (χ0v) is 34.9. The Labute approximate surface area is 386 Å². The van der Waals surface area contributed by atoms with Gasteiger partial charge in [0.15, 0.2) is 54.0 Å². The van der Waals surface area contributed by atoms with Crippen molar-refractivity contribution in [2.24, 2.45) is 0 Å². The molecule has 3 aliphatic heterocycles. The molecule has 9 rings (SSSR count). The molecule has 6 aromatic carbocycles. The maximum atomic E-state index is 12.2. The van der Waals surface area contributed by atoms with Gasteiger partial charge in [0.25, 0.3) is 0 Å². The number of carbonyl (C=O) groups excluding carboxylic acids is 3. The van der Waals surface area contributed by atoms with Crippen molar-refractivity contribution >= 4 is 34.7 Å². The number of ether oxygens (including phenoxy) is 3. The minimum Gasteiger partial charge on any atom is -0.872 e.